The fraction of sp³-hybridized carbons (Fsp3) is 0.235. The number of nitrogens with zero attached hydrogens (tertiary/aromatic N) is 1. The van der Waals surface area contributed by atoms with Crippen LogP contribution in [0.3, 0.4) is 0 Å². The summed E-state index contributed by atoms with van der Waals surface area (Å²) in [6.45, 7) is 0.837. The summed E-state index contributed by atoms with van der Waals surface area (Å²) in [6.07, 6.45) is 0. The fourth-order valence-electron chi connectivity index (χ4n) is 1.75. The van der Waals surface area contributed by atoms with Gasteiger partial charge >= 0.3 is 0 Å². The number of anilines is 1. The molecule has 1 amide bonds. The van der Waals surface area contributed by atoms with Crippen molar-refractivity contribution in [2.75, 3.05) is 26.0 Å². The lowest BCUT2D eigenvalue weighted by Gasteiger charge is -2.12. The van der Waals surface area contributed by atoms with Crippen LogP contribution in [0.5, 0.6) is 5.75 Å². The Balaban J connectivity index is 1.83. The summed E-state index contributed by atoms with van der Waals surface area (Å²) < 4.78 is 5.71. The van der Waals surface area contributed by atoms with Crippen molar-refractivity contribution in [2.45, 2.75) is 6.61 Å². The molecule has 110 valence electrons. The number of hydrogen-bond acceptors (Lipinski definition) is 3. The van der Waals surface area contributed by atoms with E-state index in [2.05, 4.69) is 5.32 Å². The second kappa shape index (κ2) is 7.33. The van der Waals surface area contributed by atoms with Crippen LogP contribution in [0.2, 0.25) is 0 Å². The van der Waals surface area contributed by atoms with Gasteiger partial charge < -0.3 is 15.0 Å². The number of benzene rings is 2. The van der Waals surface area contributed by atoms with Gasteiger partial charge in [0.05, 0.1) is 6.54 Å². The molecule has 2 rings (SSSR count). The van der Waals surface area contributed by atoms with Crippen LogP contribution in [0.1, 0.15) is 5.56 Å². The molecule has 0 spiro atoms. The second-order valence-electron chi connectivity index (χ2n) is 4.94. The number of carbonyl (C=O) groups is 1. The Kier molecular flexibility index (Phi) is 5.21. The van der Waals surface area contributed by atoms with Gasteiger partial charge in [0.25, 0.3) is 0 Å². The molecule has 0 saturated carbocycles. The van der Waals surface area contributed by atoms with Gasteiger partial charge in [-0.1, -0.05) is 30.3 Å². The number of hydrogen-bond donors (Lipinski definition) is 1. The normalized spacial score (nSPS) is 10.0. The van der Waals surface area contributed by atoms with Crippen LogP contribution in [-0.2, 0) is 11.4 Å². The van der Waals surface area contributed by atoms with Gasteiger partial charge in [-0.3, -0.25) is 4.79 Å². The lowest BCUT2D eigenvalue weighted by molar-refractivity contribution is -0.126. The zero-order valence-electron chi connectivity index (χ0n) is 12.4. The monoisotopic (exact) mass is 284 g/mol. The lowest BCUT2D eigenvalue weighted by Crippen LogP contribution is -2.28. The molecule has 0 saturated heterocycles. The van der Waals surface area contributed by atoms with Gasteiger partial charge in [0.15, 0.2) is 0 Å². The second-order valence-corrected chi connectivity index (χ2v) is 4.94. The molecule has 0 unspecified atom stereocenters. The molecule has 0 fully saturated rings. The Labute approximate surface area is 125 Å². The van der Waals surface area contributed by atoms with Crippen LogP contribution in [0.15, 0.2) is 54.6 Å². The van der Waals surface area contributed by atoms with E-state index in [1.165, 1.54) is 0 Å². The summed E-state index contributed by atoms with van der Waals surface area (Å²) in [4.78, 5) is 13.0. The van der Waals surface area contributed by atoms with Crippen molar-refractivity contribution in [2.24, 2.45) is 0 Å². The van der Waals surface area contributed by atoms with Crippen LogP contribution in [0.25, 0.3) is 0 Å². The summed E-state index contributed by atoms with van der Waals surface area (Å²) in [5, 5.41) is 3.08. The highest BCUT2D eigenvalue weighted by atomic mass is 16.5. The molecule has 0 heterocycles. The maximum Gasteiger partial charge on any atom is 0.241 e. The molecule has 4 nitrogen and oxygen atoms in total. The SMILES string of the molecule is CN(C)C(=O)CNc1ccc(OCc2ccccc2)cc1. The van der Waals surface area contributed by atoms with E-state index in [4.69, 9.17) is 4.74 Å². The number of ether oxygens (including phenoxy) is 1. The summed E-state index contributed by atoms with van der Waals surface area (Å²) in [7, 11) is 3.48. The summed E-state index contributed by atoms with van der Waals surface area (Å²) in [5.74, 6) is 0.850. The molecule has 1 N–H and O–H groups in total. The maximum atomic E-state index is 11.5. The van der Waals surface area contributed by atoms with Crippen molar-refractivity contribution >= 4 is 11.6 Å². The van der Waals surface area contributed by atoms with E-state index in [1.807, 2.05) is 54.6 Å². The Hall–Kier alpha value is -2.49. The molecule has 0 radical (unpaired) electrons. The quantitative estimate of drug-likeness (QED) is 0.887. The van der Waals surface area contributed by atoms with Crippen molar-refractivity contribution in [3.8, 4) is 5.75 Å². The largest absolute Gasteiger partial charge is 0.489 e. The topological polar surface area (TPSA) is 41.6 Å². The van der Waals surface area contributed by atoms with E-state index in [0.29, 0.717) is 6.61 Å². The number of carbonyl (C=O) groups excluding carboxylic acids is 1. The first kappa shape index (κ1) is 14.9. The van der Waals surface area contributed by atoms with Crippen LogP contribution in [-0.4, -0.2) is 31.4 Å². The Morgan fingerprint density at radius 2 is 1.71 bits per heavy atom. The number of rotatable bonds is 6. The lowest BCUT2D eigenvalue weighted by atomic mass is 10.2. The highest BCUT2D eigenvalue weighted by Crippen LogP contribution is 2.16. The minimum Gasteiger partial charge on any atom is -0.489 e. The van der Waals surface area contributed by atoms with E-state index in [9.17, 15) is 4.79 Å². The average Bonchev–Trinajstić information content (AvgIpc) is 2.52. The van der Waals surface area contributed by atoms with E-state index in [0.717, 1.165) is 17.0 Å². The first-order valence-electron chi connectivity index (χ1n) is 6.86. The Bertz CT molecular complexity index is 565. The van der Waals surface area contributed by atoms with Gasteiger partial charge in [0, 0.05) is 19.8 Å². The van der Waals surface area contributed by atoms with Crippen molar-refractivity contribution in [3.05, 3.63) is 60.2 Å². The smallest absolute Gasteiger partial charge is 0.241 e. The molecule has 2 aromatic rings. The van der Waals surface area contributed by atoms with E-state index >= 15 is 0 Å². The fourth-order valence-corrected chi connectivity index (χ4v) is 1.75. The first-order chi connectivity index (χ1) is 10.1. The third kappa shape index (κ3) is 4.84. The van der Waals surface area contributed by atoms with Crippen LogP contribution in [0.4, 0.5) is 5.69 Å². The minimum atomic E-state index is 0.0411. The van der Waals surface area contributed by atoms with Gasteiger partial charge in [-0.2, -0.15) is 0 Å². The summed E-state index contributed by atoms with van der Waals surface area (Å²) in [6, 6.07) is 17.6. The average molecular weight is 284 g/mol. The zero-order chi connectivity index (χ0) is 15.1. The molecular weight excluding hydrogens is 264 g/mol. The minimum absolute atomic E-state index is 0.0411. The molecule has 0 bridgehead atoms. The van der Waals surface area contributed by atoms with Crippen molar-refractivity contribution in [1.29, 1.82) is 0 Å². The van der Waals surface area contributed by atoms with E-state index in [1.54, 1.807) is 19.0 Å². The zero-order valence-corrected chi connectivity index (χ0v) is 12.4. The first-order valence-corrected chi connectivity index (χ1v) is 6.86. The van der Waals surface area contributed by atoms with Crippen LogP contribution < -0.4 is 10.1 Å². The predicted molar refractivity (Wildman–Crippen MR) is 84.4 cm³/mol. The third-order valence-corrected chi connectivity index (χ3v) is 3.05. The number of nitrogens with one attached hydrogen (secondary N) is 1. The van der Waals surface area contributed by atoms with Crippen molar-refractivity contribution in [1.82, 2.24) is 4.90 Å². The summed E-state index contributed by atoms with van der Waals surface area (Å²) in [5.41, 5.74) is 2.04. The van der Waals surface area contributed by atoms with Gasteiger partial charge in [-0.05, 0) is 29.8 Å². The molecule has 0 aliphatic heterocycles. The maximum absolute atomic E-state index is 11.5. The molecule has 0 atom stereocenters. The number of amides is 1. The molecule has 2 aromatic carbocycles. The Morgan fingerprint density at radius 1 is 1.05 bits per heavy atom. The molecule has 21 heavy (non-hydrogen) atoms. The molecule has 0 aromatic heterocycles. The van der Waals surface area contributed by atoms with Gasteiger partial charge in [-0.15, -0.1) is 0 Å². The van der Waals surface area contributed by atoms with E-state index < -0.39 is 0 Å². The van der Waals surface area contributed by atoms with Crippen LogP contribution >= 0.6 is 0 Å². The van der Waals surface area contributed by atoms with Crippen molar-refractivity contribution < 1.29 is 9.53 Å². The van der Waals surface area contributed by atoms with Gasteiger partial charge in [0.1, 0.15) is 12.4 Å². The molecule has 0 aliphatic rings. The highest BCUT2D eigenvalue weighted by Gasteiger charge is 2.03. The molecule has 0 aliphatic carbocycles. The van der Waals surface area contributed by atoms with E-state index in [-0.39, 0.29) is 12.5 Å². The van der Waals surface area contributed by atoms with Crippen molar-refractivity contribution in [3.63, 3.8) is 0 Å². The standard InChI is InChI=1S/C17H20N2O2/c1-19(2)17(20)12-18-15-8-10-16(11-9-15)21-13-14-6-4-3-5-7-14/h3-11,18H,12-13H2,1-2H3. The summed E-state index contributed by atoms with van der Waals surface area (Å²) >= 11 is 0. The molecular formula is C17H20N2O2. The molecule has 4 heteroatoms. The van der Waals surface area contributed by atoms with Crippen LogP contribution in [0, 0.1) is 0 Å². The Morgan fingerprint density at radius 3 is 2.33 bits per heavy atom. The van der Waals surface area contributed by atoms with Gasteiger partial charge in [0.2, 0.25) is 5.91 Å². The predicted octanol–water partition coefficient (Wildman–Crippen LogP) is 2.77. The number of likely N-dealkylation sites (N-methyl/N-ethyl adjacent to an activating group) is 1. The highest BCUT2D eigenvalue weighted by molar-refractivity contribution is 5.80. The van der Waals surface area contributed by atoms with Gasteiger partial charge in [-0.25, -0.2) is 0 Å². The third-order valence-electron chi connectivity index (χ3n) is 3.05.